The molecule has 2 N–H and O–H groups in total. The number of pyridine rings is 1. The molecule has 89 heavy (non-hydrogen) atoms. The van der Waals surface area contributed by atoms with Gasteiger partial charge in [0.05, 0.1) is 29.8 Å². The molecule has 4 saturated heterocycles. The molecule has 6 heterocycles. The van der Waals surface area contributed by atoms with E-state index >= 15 is 0 Å². The molecule has 15 nitrogen and oxygen atoms in total. The van der Waals surface area contributed by atoms with Gasteiger partial charge in [-0.1, -0.05) is 119 Å². The molecule has 0 saturated carbocycles. The Morgan fingerprint density at radius 2 is 1.57 bits per heavy atom. The Morgan fingerprint density at radius 3 is 2.22 bits per heavy atom. The quantitative estimate of drug-likeness (QED) is 0.0466. The van der Waals surface area contributed by atoms with Crippen molar-refractivity contribution in [3.8, 4) is 23.0 Å². The summed E-state index contributed by atoms with van der Waals surface area (Å²) in [6.07, 6.45) is 21.9. The number of amides is 1. The summed E-state index contributed by atoms with van der Waals surface area (Å²) in [5.74, 6) is 3.79. The number of esters is 1. The highest BCUT2D eigenvalue weighted by Crippen LogP contribution is 2.38. The fourth-order valence-electron chi connectivity index (χ4n) is 13.2. The highest BCUT2D eigenvalue weighted by Gasteiger charge is 2.37. The zero-order chi connectivity index (χ0) is 65.2. The molecule has 7 atom stereocenters. The third-order valence-electron chi connectivity index (χ3n) is 18.9. The first-order valence-electron chi connectivity index (χ1n) is 34.2. The number of ether oxygens (including phenoxy) is 2. The average Bonchev–Trinajstić information content (AvgIpc) is 1.46. The zero-order valence-corrected chi connectivity index (χ0v) is 57.1. The predicted octanol–water partition coefficient (Wildman–Crippen LogP) is 15.3. The molecule has 5 aromatic rings. The second-order valence-corrected chi connectivity index (χ2v) is 25.3. The van der Waals surface area contributed by atoms with Crippen molar-refractivity contribution in [2.75, 3.05) is 69.8 Å². The molecule has 0 bridgehead atoms. The maximum Gasteiger partial charge on any atom is 0.318 e. The van der Waals surface area contributed by atoms with Gasteiger partial charge in [-0.3, -0.25) is 24.3 Å². The third-order valence-corrected chi connectivity index (χ3v) is 18.9. The number of ketones is 1. The van der Waals surface area contributed by atoms with E-state index in [1.54, 1.807) is 25.4 Å². The Bertz CT molecular complexity index is 2980. The number of carbonyl (C=O) groups is 4. The van der Waals surface area contributed by atoms with Gasteiger partial charge in [-0.15, -0.1) is 0 Å². The van der Waals surface area contributed by atoms with E-state index in [1.807, 2.05) is 71.7 Å². The predicted molar refractivity (Wildman–Crippen MR) is 365 cm³/mol. The normalized spacial score (nSPS) is 18.9. The number of hydrogen-bond donors (Lipinski definition) is 2. The number of piperidine rings is 2. The molecular formula is C74H113N7O8. The lowest BCUT2D eigenvalue weighted by Gasteiger charge is -2.35. The SMILES string of the molecule is CC.CC(=O)OCC1CCC2CCCN21.CCC(C)C(=O)C(C)CCC=O.CCCC(CCC(C)CC)CN1CCC(c2ccc(C)c(N(C)C(=O)CC)c2)CC1.CCc1cccc2cc(O)cc(-c3cc4nc(OC)nc(N5CCCC(O)C5)c4cn3)c12. The molecule has 2 aromatic heterocycles. The highest BCUT2D eigenvalue weighted by molar-refractivity contribution is 6.01. The van der Waals surface area contributed by atoms with E-state index in [2.05, 4.69) is 83.6 Å². The number of phenols is 1. The van der Waals surface area contributed by atoms with Crippen LogP contribution >= 0.6 is 0 Å². The zero-order valence-electron chi connectivity index (χ0n) is 57.1. The molecule has 0 radical (unpaired) electrons. The molecule has 492 valence electrons. The molecule has 15 heteroatoms. The van der Waals surface area contributed by atoms with Gasteiger partial charge in [0, 0.05) is 87.8 Å². The number of aromatic hydroxyl groups is 1. The molecule has 9 rings (SSSR count). The van der Waals surface area contributed by atoms with E-state index in [-0.39, 0.29) is 41.6 Å². The number of carbonyl (C=O) groups excluding carboxylic acids is 4. The topological polar surface area (TPSA) is 179 Å². The number of aldehydes is 1. The smallest absolute Gasteiger partial charge is 0.318 e. The van der Waals surface area contributed by atoms with E-state index in [0.29, 0.717) is 55.7 Å². The summed E-state index contributed by atoms with van der Waals surface area (Å²) in [6.45, 7) is 31.4. The third kappa shape index (κ3) is 21.5. The van der Waals surface area contributed by atoms with Gasteiger partial charge in [0.15, 0.2) is 0 Å². The first-order valence-corrected chi connectivity index (χ1v) is 34.2. The van der Waals surface area contributed by atoms with Gasteiger partial charge >= 0.3 is 12.0 Å². The summed E-state index contributed by atoms with van der Waals surface area (Å²) < 4.78 is 10.4. The van der Waals surface area contributed by atoms with E-state index in [4.69, 9.17) is 14.5 Å². The first-order chi connectivity index (χ1) is 42.9. The van der Waals surface area contributed by atoms with Crippen LogP contribution in [-0.4, -0.2) is 137 Å². The molecular weight excluding hydrogens is 1110 g/mol. The van der Waals surface area contributed by atoms with Crippen molar-refractivity contribution in [2.45, 2.75) is 223 Å². The summed E-state index contributed by atoms with van der Waals surface area (Å²) in [7, 11) is 3.46. The summed E-state index contributed by atoms with van der Waals surface area (Å²) >= 11 is 0. The van der Waals surface area contributed by atoms with Crippen molar-refractivity contribution in [2.24, 2.45) is 23.7 Å². The number of aromatic nitrogens is 3. The number of β-amino-alcohol motifs (C(OH)–C–C–N with tert-alkyl or cyclic N) is 1. The van der Waals surface area contributed by atoms with E-state index in [1.165, 1.54) is 120 Å². The van der Waals surface area contributed by atoms with Crippen LogP contribution in [0.1, 0.15) is 208 Å². The monoisotopic (exact) mass is 1230 g/mol. The second-order valence-electron chi connectivity index (χ2n) is 25.3. The summed E-state index contributed by atoms with van der Waals surface area (Å²) in [5, 5.41) is 23.4. The van der Waals surface area contributed by atoms with Gasteiger partial charge in [-0.25, -0.2) is 0 Å². The van der Waals surface area contributed by atoms with E-state index in [9.17, 15) is 29.4 Å². The van der Waals surface area contributed by atoms with E-state index < -0.39 is 0 Å². The number of aliphatic hydroxyl groups is 1. The fourth-order valence-corrected chi connectivity index (χ4v) is 13.2. The van der Waals surface area contributed by atoms with Crippen LogP contribution in [0.25, 0.3) is 32.9 Å². The van der Waals surface area contributed by atoms with Crippen LogP contribution in [0.4, 0.5) is 11.5 Å². The number of benzene rings is 3. The van der Waals surface area contributed by atoms with Crippen molar-refractivity contribution < 1.29 is 38.9 Å². The van der Waals surface area contributed by atoms with E-state index in [0.717, 1.165) is 95.3 Å². The number of phenolic OH excluding ortho intramolecular Hbond substituents is 1. The number of likely N-dealkylation sites (tertiary alicyclic amines) is 1. The van der Waals surface area contributed by atoms with Gasteiger partial charge < -0.3 is 39.2 Å². The van der Waals surface area contributed by atoms with Crippen LogP contribution in [0.5, 0.6) is 11.8 Å². The van der Waals surface area contributed by atoms with Gasteiger partial charge in [0.1, 0.15) is 30.2 Å². The Morgan fingerprint density at radius 1 is 0.831 bits per heavy atom. The molecule has 4 fully saturated rings. The largest absolute Gasteiger partial charge is 0.508 e. The maximum absolute atomic E-state index is 12.2. The number of rotatable bonds is 23. The minimum atomic E-state index is -0.377. The van der Waals surface area contributed by atoms with Crippen molar-refractivity contribution in [1.29, 1.82) is 0 Å². The standard InChI is InChI=1S/C27H46N2O.C25H26N4O3.C10H17NO2.C10H18O2.C2H6/c1-7-10-23(13-11-21(4)8-2)20-29-17-15-24(16-18-29)25-14-12-22(5)26(19-25)28(6)27(30)9-3;1-3-15-6-4-7-16-10-18(31)11-19(23(15)16)21-12-22-20(13-26-21)24(28-25(27-22)32-2)29-9-5-8-17(30)14-29;1-8(12)13-7-10-5-4-9-3-2-6-11(9)10;1-4-8(2)10(12)9(3)6-5-7-11;1-2/h12,14,19,21,23-24H,7-11,13,15-18,20H2,1-6H3;4,6-7,10-13,17,30-31H,3,5,8-9,14H2,1-2H3;9-10H,2-7H2,1H3;7-9H,4-6H2,1-3H3;1-2H3. The summed E-state index contributed by atoms with van der Waals surface area (Å²) in [6, 6.07) is 19.9. The molecule has 0 spiro atoms. The Kier molecular flexibility index (Phi) is 31.4. The number of nitrogens with zero attached hydrogens (tertiary/aromatic N) is 7. The van der Waals surface area contributed by atoms with Gasteiger partial charge in [0.2, 0.25) is 5.91 Å². The Balaban J connectivity index is 0.000000232. The number of aryl methyl sites for hydroxylation is 2. The summed E-state index contributed by atoms with van der Waals surface area (Å²) in [4.78, 5) is 67.4. The summed E-state index contributed by atoms with van der Waals surface area (Å²) in [5.41, 5.74) is 7.17. The number of aliphatic hydroxyl groups excluding tert-OH is 1. The number of hydrogen-bond acceptors (Lipinski definition) is 14. The Hall–Kier alpha value is -6.03. The number of Topliss-reactive ketones (excluding diaryl/α,β-unsaturated/α-hetero) is 1. The lowest BCUT2D eigenvalue weighted by atomic mass is 9.87. The van der Waals surface area contributed by atoms with Crippen LogP contribution in [-0.2, 0) is 30.3 Å². The first kappa shape index (κ1) is 73.7. The minimum Gasteiger partial charge on any atom is -0.508 e. The van der Waals surface area contributed by atoms with Crippen LogP contribution in [0, 0.1) is 30.6 Å². The number of methoxy groups -OCH3 is 1. The molecule has 7 unspecified atom stereocenters. The lowest BCUT2D eigenvalue weighted by Crippen LogP contribution is -2.38. The molecule has 4 aliphatic rings. The minimum absolute atomic E-state index is 0.0464. The Labute approximate surface area is 535 Å². The van der Waals surface area contributed by atoms with Gasteiger partial charge in [-0.05, 0) is 180 Å². The van der Waals surface area contributed by atoms with Crippen LogP contribution in [0.15, 0.2) is 60.8 Å². The fraction of sp³-hybridized carbons (Fsp3) is 0.635. The van der Waals surface area contributed by atoms with Crippen molar-refractivity contribution >= 4 is 57.1 Å². The van der Waals surface area contributed by atoms with Crippen LogP contribution < -0.4 is 14.5 Å². The van der Waals surface area contributed by atoms with Gasteiger partial charge in [0.25, 0.3) is 0 Å². The molecule has 0 aliphatic carbocycles. The average molecular weight is 1230 g/mol. The lowest BCUT2D eigenvalue weighted by molar-refractivity contribution is -0.142. The van der Waals surface area contributed by atoms with Crippen LogP contribution in [0.2, 0.25) is 0 Å². The van der Waals surface area contributed by atoms with Crippen LogP contribution in [0.3, 0.4) is 0 Å². The number of anilines is 2. The molecule has 1 amide bonds. The highest BCUT2D eigenvalue weighted by atomic mass is 16.5. The van der Waals surface area contributed by atoms with Crippen molar-refractivity contribution in [3.63, 3.8) is 0 Å². The maximum atomic E-state index is 12.2. The van der Waals surface area contributed by atoms with Gasteiger partial charge in [-0.2, -0.15) is 9.97 Å². The molecule has 4 aliphatic heterocycles. The molecule has 3 aromatic carbocycles. The van der Waals surface area contributed by atoms with Crippen molar-refractivity contribution in [3.05, 3.63) is 77.5 Å². The van der Waals surface area contributed by atoms with Crippen molar-refractivity contribution in [1.82, 2.24) is 24.8 Å². The second kappa shape index (κ2) is 38.0. The number of fused-ring (bicyclic) bond motifs is 3.